The van der Waals surface area contributed by atoms with Gasteiger partial charge >= 0.3 is 23.9 Å². The summed E-state index contributed by atoms with van der Waals surface area (Å²) < 4.78 is 41.3. The van der Waals surface area contributed by atoms with Gasteiger partial charge in [0, 0.05) is 0 Å². The van der Waals surface area contributed by atoms with Gasteiger partial charge in [0.1, 0.15) is 0 Å². The van der Waals surface area contributed by atoms with E-state index >= 15 is 0 Å². The summed E-state index contributed by atoms with van der Waals surface area (Å²) in [5, 5.41) is 0. The van der Waals surface area contributed by atoms with E-state index in [0.29, 0.717) is 11.5 Å². The van der Waals surface area contributed by atoms with E-state index in [1.807, 2.05) is 0 Å². The standard InChI is InChI=1S/C26H30O12/c1-7-35-25(29)21(37-23(27)15-9-11-17(31-3)19(13-15)33-5)22(26(30)36-8-2)38-24(28)16-10-12-18(32-4)20(14-16)34-6/h9-14,21-22H,7-8H2,1-6H3/t21-,22-/m0/s1. The maximum atomic E-state index is 13.0. The summed E-state index contributed by atoms with van der Waals surface area (Å²) in [6.45, 7) is 2.81. The Kier molecular flexibility index (Phi) is 11.2. The summed E-state index contributed by atoms with van der Waals surface area (Å²) in [4.78, 5) is 51.6. The van der Waals surface area contributed by atoms with Crippen molar-refractivity contribution in [3.8, 4) is 23.0 Å². The Balaban J connectivity index is 2.43. The molecule has 0 bridgehead atoms. The molecule has 0 unspecified atom stereocenters. The summed E-state index contributed by atoms with van der Waals surface area (Å²) in [6, 6.07) is 8.27. The van der Waals surface area contributed by atoms with E-state index in [2.05, 4.69) is 0 Å². The number of hydrogen-bond donors (Lipinski definition) is 0. The van der Waals surface area contributed by atoms with Crippen molar-refractivity contribution in [2.75, 3.05) is 41.7 Å². The Morgan fingerprint density at radius 3 is 1.21 bits per heavy atom. The molecule has 0 aromatic heterocycles. The zero-order valence-electron chi connectivity index (χ0n) is 21.9. The highest BCUT2D eigenvalue weighted by Gasteiger charge is 2.43. The fourth-order valence-electron chi connectivity index (χ4n) is 3.21. The van der Waals surface area contributed by atoms with Crippen LogP contribution in [0.25, 0.3) is 0 Å². The molecule has 206 valence electrons. The molecule has 0 radical (unpaired) electrons. The Morgan fingerprint density at radius 2 is 0.921 bits per heavy atom. The van der Waals surface area contributed by atoms with Crippen molar-refractivity contribution < 1.29 is 57.1 Å². The van der Waals surface area contributed by atoms with Crippen molar-refractivity contribution >= 4 is 23.9 Å². The molecule has 0 amide bonds. The van der Waals surface area contributed by atoms with E-state index in [0.717, 1.165) is 0 Å². The maximum Gasteiger partial charge on any atom is 0.352 e. The number of carbonyl (C=O) groups is 4. The Morgan fingerprint density at radius 1 is 0.579 bits per heavy atom. The predicted molar refractivity (Wildman–Crippen MR) is 131 cm³/mol. The van der Waals surface area contributed by atoms with E-state index in [1.165, 1.54) is 78.7 Å². The highest BCUT2D eigenvalue weighted by atomic mass is 16.6. The van der Waals surface area contributed by atoms with Gasteiger partial charge in [0.2, 0.25) is 12.2 Å². The number of ether oxygens (including phenoxy) is 8. The first-order valence-corrected chi connectivity index (χ1v) is 11.4. The lowest BCUT2D eigenvalue weighted by Gasteiger charge is -2.24. The van der Waals surface area contributed by atoms with Gasteiger partial charge in [-0.15, -0.1) is 0 Å². The van der Waals surface area contributed by atoms with Crippen LogP contribution in [-0.4, -0.2) is 77.7 Å². The number of carbonyl (C=O) groups excluding carboxylic acids is 4. The van der Waals surface area contributed by atoms with Crippen molar-refractivity contribution in [1.82, 2.24) is 0 Å². The van der Waals surface area contributed by atoms with Crippen LogP contribution in [0.3, 0.4) is 0 Å². The highest BCUT2D eigenvalue weighted by Crippen LogP contribution is 2.29. The van der Waals surface area contributed by atoms with Gasteiger partial charge in [-0.05, 0) is 50.2 Å². The normalized spacial score (nSPS) is 11.8. The molecule has 0 heterocycles. The molecule has 38 heavy (non-hydrogen) atoms. The summed E-state index contributed by atoms with van der Waals surface area (Å²) >= 11 is 0. The van der Waals surface area contributed by atoms with E-state index in [1.54, 1.807) is 0 Å². The topological polar surface area (TPSA) is 142 Å². The Hall–Kier alpha value is -4.48. The van der Waals surface area contributed by atoms with Crippen LogP contribution < -0.4 is 18.9 Å². The number of esters is 4. The second-order valence-corrected chi connectivity index (χ2v) is 7.30. The first-order valence-electron chi connectivity index (χ1n) is 11.4. The summed E-state index contributed by atoms with van der Waals surface area (Å²) in [7, 11) is 5.59. The van der Waals surface area contributed by atoms with Crippen LogP contribution in [0, 0.1) is 0 Å². The minimum atomic E-state index is -1.99. The second-order valence-electron chi connectivity index (χ2n) is 7.30. The highest BCUT2D eigenvalue weighted by molar-refractivity contribution is 5.96. The van der Waals surface area contributed by atoms with Gasteiger partial charge in [-0.3, -0.25) is 0 Å². The zero-order valence-corrected chi connectivity index (χ0v) is 21.9. The number of hydrogen-bond acceptors (Lipinski definition) is 12. The maximum absolute atomic E-state index is 13.0. The largest absolute Gasteiger partial charge is 0.493 e. The van der Waals surface area contributed by atoms with Crippen LogP contribution in [-0.2, 0) is 28.5 Å². The van der Waals surface area contributed by atoms with Gasteiger partial charge in [-0.25, -0.2) is 19.2 Å². The van der Waals surface area contributed by atoms with Crippen molar-refractivity contribution in [1.29, 1.82) is 0 Å². The first kappa shape index (κ1) is 29.7. The first-order chi connectivity index (χ1) is 18.2. The fraction of sp³-hybridized carbons (Fsp3) is 0.385. The van der Waals surface area contributed by atoms with Crippen molar-refractivity contribution in [2.24, 2.45) is 0 Å². The third kappa shape index (κ3) is 7.28. The third-order valence-electron chi connectivity index (χ3n) is 5.02. The molecule has 0 aliphatic rings. The third-order valence-corrected chi connectivity index (χ3v) is 5.02. The lowest BCUT2D eigenvalue weighted by molar-refractivity contribution is -0.173. The van der Waals surface area contributed by atoms with E-state index in [4.69, 9.17) is 37.9 Å². The van der Waals surface area contributed by atoms with Crippen LogP contribution in [0.5, 0.6) is 23.0 Å². The summed E-state index contributed by atoms with van der Waals surface area (Å²) in [5.41, 5.74) is -0.0726. The van der Waals surface area contributed by atoms with Crippen LogP contribution in [0.4, 0.5) is 0 Å². The molecular weight excluding hydrogens is 504 g/mol. The minimum Gasteiger partial charge on any atom is -0.493 e. The van der Waals surface area contributed by atoms with Crippen LogP contribution in [0.15, 0.2) is 36.4 Å². The summed E-state index contributed by atoms with van der Waals surface area (Å²) in [6.07, 6.45) is -3.97. The van der Waals surface area contributed by atoms with Crippen molar-refractivity contribution in [2.45, 2.75) is 26.1 Å². The van der Waals surface area contributed by atoms with E-state index in [-0.39, 0.29) is 35.8 Å². The van der Waals surface area contributed by atoms with Crippen molar-refractivity contribution in [3.05, 3.63) is 47.5 Å². The van der Waals surface area contributed by atoms with Gasteiger partial charge in [0.05, 0.1) is 52.8 Å². The molecule has 0 saturated carbocycles. The van der Waals surface area contributed by atoms with Crippen LogP contribution in [0.1, 0.15) is 34.6 Å². The molecule has 0 saturated heterocycles. The van der Waals surface area contributed by atoms with Gasteiger partial charge in [-0.2, -0.15) is 0 Å². The van der Waals surface area contributed by atoms with Gasteiger partial charge in [0.15, 0.2) is 23.0 Å². The smallest absolute Gasteiger partial charge is 0.352 e. The minimum absolute atomic E-state index is 0.0363. The summed E-state index contributed by atoms with van der Waals surface area (Å²) in [5.74, 6) is -3.17. The fourth-order valence-corrected chi connectivity index (χ4v) is 3.21. The van der Waals surface area contributed by atoms with Crippen LogP contribution >= 0.6 is 0 Å². The second kappa shape index (κ2) is 14.3. The molecule has 2 rings (SSSR count). The molecule has 2 aromatic rings. The van der Waals surface area contributed by atoms with E-state index < -0.39 is 36.1 Å². The molecule has 12 heteroatoms. The van der Waals surface area contributed by atoms with Gasteiger partial charge in [-0.1, -0.05) is 0 Å². The lowest BCUT2D eigenvalue weighted by Crippen LogP contribution is -2.47. The number of benzene rings is 2. The zero-order chi connectivity index (χ0) is 28.2. The average molecular weight is 535 g/mol. The molecule has 2 aromatic carbocycles. The van der Waals surface area contributed by atoms with Gasteiger partial charge in [0.25, 0.3) is 0 Å². The predicted octanol–water partition coefficient (Wildman–Crippen LogP) is 2.60. The Bertz CT molecular complexity index is 1050. The Labute approximate surface area is 219 Å². The monoisotopic (exact) mass is 534 g/mol. The molecule has 0 spiro atoms. The van der Waals surface area contributed by atoms with E-state index in [9.17, 15) is 19.2 Å². The molecule has 0 aliphatic carbocycles. The average Bonchev–Trinajstić information content (AvgIpc) is 2.93. The number of methoxy groups -OCH3 is 4. The molecule has 0 N–H and O–H groups in total. The molecule has 2 atom stereocenters. The lowest BCUT2D eigenvalue weighted by atomic mass is 10.1. The van der Waals surface area contributed by atoms with Gasteiger partial charge < -0.3 is 37.9 Å². The molecule has 0 aliphatic heterocycles. The van der Waals surface area contributed by atoms with Crippen LogP contribution in [0.2, 0.25) is 0 Å². The molecular formula is C26H30O12. The molecule has 12 nitrogen and oxygen atoms in total. The quantitative estimate of drug-likeness (QED) is 0.275. The molecule has 0 fully saturated rings. The number of rotatable bonds is 13. The SMILES string of the molecule is CCOC(=O)[C@@H](OC(=O)c1ccc(OC)c(OC)c1)[C@H](OC(=O)c1ccc(OC)c(OC)c1)C(=O)OCC. The van der Waals surface area contributed by atoms with Crippen molar-refractivity contribution in [3.63, 3.8) is 0 Å².